The minimum atomic E-state index is -0.436. The standard InChI is InChI=1S/C14H23N3O3/c1-3-9(2)17-12(18)8-11(14(17)20)15-6-7-16-13(19)10-4-5-10/h9-11,15H,3-8H2,1-2H3,(H,16,19). The molecule has 2 fully saturated rings. The Morgan fingerprint density at radius 1 is 1.35 bits per heavy atom. The maximum absolute atomic E-state index is 12.1. The second-order valence-electron chi connectivity index (χ2n) is 5.64. The van der Waals surface area contributed by atoms with Gasteiger partial charge in [-0.15, -0.1) is 0 Å². The van der Waals surface area contributed by atoms with Crippen LogP contribution in [0.4, 0.5) is 0 Å². The van der Waals surface area contributed by atoms with Crippen molar-refractivity contribution >= 4 is 17.7 Å². The van der Waals surface area contributed by atoms with E-state index in [2.05, 4.69) is 10.6 Å². The smallest absolute Gasteiger partial charge is 0.247 e. The molecule has 1 aliphatic heterocycles. The minimum Gasteiger partial charge on any atom is -0.355 e. The Morgan fingerprint density at radius 3 is 2.65 bits per heavy atom. The summed E-state index contributed by atoms with van der Waals surface area (Å²) in [5.74, 6) is 0.0502. The van der Waals surface area contributed by atoms with Crippen LogP contribution in [0.2, 0.25) is 0 Å². The zero-order valence-corrected chi connectivity index (χ0v) is 12.1. The molecule has 1 saturated heterocycles. The molecule has 2 atom stereocenters. The van der Waals surface area contributed by atoms with Crippen LogP contribution in [0.5, 0.6) is 0 Å². The van der Waals surface area contributed by atoms with Crippen LogP contribution < -0.4 is 10.6 Å². The molecule has 2 unspecified atom stereocenters. The molecule has 0 radical (unpaired) electrons. The molecule has 0 bridgehead atoms. The number of amides is 3. The van der Waals surface area contributed by atoms with Crippen LogP contribution in [-0.2, 0) is 14.4 Å². The van der Waals surface area contributed by atoms with Crippen LogP contribution in [0.3, 0.4) is 0 Å². The highest BCUT2D eigenvalue weighted by Gasteiger charge is 2.40. The van der Waals surface area contributed by atoms with Gasteiger partial charge in [-0.25, -0.2) is 0 Å². The summed E-state index contributed by atoms with van der Waals surface area (Å²) in [6.07, 6.45) is 2.96. The van der Waals surface area contributed by atoms with Crippen molar-refractivity contribution in [2.45, 2.75) is 51.6 Å². The third-order valence-electron chi connectivity index (χ3n) is 3.98. The number of hydrogen-bond donors (Lipinski definition) is 2. The van der Waals surface area contributed by atoms with Gasteiger partial charge in [0.2, 0.25) is 17.7 Å². The lowest BCUT2D eigenvalue weighted by Crippen LogP contribution is -2.44. The average Bonchev–Trinajstić information content (AvgIpc) is 3.22. The van der Waals surface area contributed by atoms with E-state index >= 15 is 0 Å². The first kappa shape index (κ1) is 15.0. The SMILES string of the molecule is CCC(C)N1C(=O)CC(NCCNC(=O)C2CC2)C1=O. The topological polar surface area (TPSA) is 78.5 Å². The molecule has 0 aromatic rings. The fourth-order valence-electron chi connectivity index (χ4n) is 2.38. The van der Waals surface area contributed by atoms with E-state index in [9.17, 15) is 14.4 Å². The summed E-state index contributed by atoms with van der Waals surface area (Å²) in [6.45, 7) is 4.85. The molecule has 6 nitrogen and oxygen atoms in total. The average molecular weight is 281 g/mol. The highest BCUT2D eigenvalue weighted by Crippen LogP contribution is 2.28. The number of nitrogens with one attached hydrogen (secondary N) is 2. The van der Waals surface area contributed by atoms with Gasteiger partial charge in [0.05, 0.1) is 12.5 Å². The van der Waals surface area contributed by atoms with E-state index in [1.54, 1.807) is 0 Å². The Labute approximate surface area is 119 Å². The highest BCUT2D eigenvalue weighted by molar-refractivity contribution is 6.05. The Hall–Kier alpha value is -1.43. The minimum absolute atomic E-state index is 0.0450. The third kappa shape index (κ3) is 3.36. The second kappa shape index (κ2) is 6.35. The number of likely N-dealkylation sites (tertiary alicyclic amines) is 1. The van der Waals surface area contributed by atoms with E-state index in [0.29, 0.717) is 13.1 Å². The van der Waals surface area contributed by atoms with E-state index in [0.717, 1.165) is 19.3 Å². The van der Waals surface area contributed by atoms with Gasteiger partial charge in [-0.3, -0.25) is 19.3 Å². The van der Waals surface area contributed by atoms with Gasteiger partial charge in [-0.05, 0) is 26.2 Å². The van der Waals surface area contributed by atoms with Gasteiger partial charge in [0.15, 0.2) is 0 Å². The van der Waals surface area contributed by atoms with Crippen LogP contribution in [-0.4, -0.2) is 47.8 Å². The number of carbonyl (C=O) groups is 3. The third-order valence-corrected chi connectivity index (χ3v) is 3.98. The van der Waals surface area contributed by atoms with Crippen molar-refractivity contribution in [2.24, 2.45) is 5.92 Å². The number of hydrogen-bond acceptors (Lipinski definition) is 4. The normalized spacial score (nSPS) is 24.1. The number of carbonyl (C=O) groups excluding carboxylic acids is 3. The Bertz CT molecular complexity index is 406. The van der Waals surface area contributed by atoms with E-state index < -0.39 is 6.04 Å². The van der Waals surface area contributed by atoms with Crippen molar-refractivity contribution < 1.29 is 14.4 Å². The molecule has 3 amide bonds. The van der Waals surface area contributed by atoms with Crippen molar-refractivity contribution in [2.75, 3.05) is 13.1 Å². The summed E-state index contributed by atoms with van der Waals surface area (Å²) in [4.78, 5) is 36.7. The molecule has 2 aliphatic rings. The van der Waals surface area contributed by atoms with E-state index in [1.165, 1.54) is 4.90 Å². The Balaban J connectivity index is 1.72. The highest BCUT2D eigenvalue weighted by atomic mass is 16.2. The molecule has 1 heterocycles. The molecule has 0 aromatic heterocycles. The van der Waals surface area contributed by atoms with E-state index in [1.807, 2.05) is 13.8 Å². The monoisotopic (exact) mass is 281 g/mol. The molecule has 6 heteroatoms. The largest absolute Gasteiger partial charge is 0.355 e. The van der Waals surface area contributed by atoms with Crippen LogP contribution in [0, 0.1) is 5.92 Å². The summed E-state index contributed by atoms with van der Waals surface area (Å²) in [7, 11) is 0. The van der Waals surface area contributed by atoms with E-state index in [4.69, 9.17) is 0 Å². The maximum atomic E-state index is 12.1. The van der Waals surface area contributed by atoms with Gasteiger partial charge in [-0.1, -0.05) is 6.92 Å². The summed E-state index contributed by atoms with van der Waals surface area (Å²) >= 11 is 0. The van der Waals surface area contributed by atoms with Gasteiger partial charge in [0.25, 0.3) is 0 Å². The molecule has 0 spiro atoms. The van der Waals surface area contributed by atoms with Gasteiger partial charge in [0.1, 0.15) is 0 Å². The maximum Gasteiger partial charge on any atom is 0.247 e. The van der Waals surface area contributed by atoms with Crippen molar-refractivity contribution in [1.82, 2.24) is 15.5 Å². The molecule has 2 N–H and O–H groups in total. The number of nitrogens with zero attached hydrogens (tertiary/aromatic N) is 1. The van der Waals surface area contributed by atoms with Gasteiger partial charge >= 0.3 is 0 Å². The first-order valence-corrected chi connectivity index (χ1v) is 7.41. The predicted octanol–water partition coefficient (Wildman–Crippen LogP) is 0.0282. The molecular formula is C14H23N3O3. The fourth-order valence-corrected chi connectivity index (χ4v) is 2.38. The lowest BCUT2D eigenvalue weighted by molar-refractivity contribution is -0.141. The summed E-state index contributed by atoms with van der Waals surface area (Å²) in [5, 5.41) is 5.89. The Kier molecular flexibility index (Phi) is 4.75. The van der Waals surface area contributed by atoms with Crippen molar-refractivity contribution in [3.63, 3.8) is 0 Å². The fraction of sp³-hybridized carbons (Fsp3) is 0.786. The van der Waals surface area contributed by atoms with Crippen molar-refractivity contribution in [1.29, 1.82) is 0 Å². The molecular weight excluding hydrogens is 258 g/mol. The quantitative estimate of drug-likeness (QED) is 0.510. The molecule has 112 valence electrons. The second-order valence-corrected chi connectivity index (χ2v) is 5.64. The van der Waals surface area contributed by atoms with Crippen LogP contribution in [0.15, 0.2) is 0 Å². The summed E-state index contributed by atoms with van der Waals surface area (Å²) in [6, 6.07) is -0.481. The van der Waals surface area contributed by atoms with E-state index in [-0.39, 0.29) is 36.1 Å². The van der Waals surface area contributed by atoms with Gasteiger partial charge in [-0.2, -0.15) is 0 Å². The zero-order chi connectivity index (χ0) is 14.7. The summed E-state index contributed by atoms with van der Waals surface area (Å²) < 4.78 is 0. The van der Waals surface area contributed by atoms with Crippen LogP contribution in [0.25, 0.3) is 0 Å². The zero-order valence-electron chi connectivity index (χ0n) is 12.1. The van der Waals surface area contributed by atoms with Crippen LogP contribution in [0.1, 0.15) is 39.5 Å². The molecule has 20 heavy (non-hydrogen) atoms. The molecule has 2 rings (SSSR count). The van der Waals surface area contributed by atoms with Crippen molar-refractivity contribution in [3.8, 4) is 0 Å². The molecule has 1 saturated carbocycles. The lowest BCUT2D eigenvalue weighted by atomic mass is 10.2. The van der Waals surface area contributed by atoms with Crippen molar-refractivity contribution in [3.05, 3.63) is 0 Å². The summed E-state index contributed by atoms with van der Waals surface area (Å²) in [5.41, 5.74) is 0. The first-order chi connectivity index (χ1) is 9.54. The first-order valence-electron chi connectivity index (χ1n) is 7.41. The van der Waals surface area contributed by atoms with Crippen LogP contribution >= 0.6 is 0 Å². The Morgan fingerprint density at radius 2 is 2.05 bits per heavy atom. The number of rotatable bonds is 7. The predicted molar refractivity (Wildman–Crippen MR) is 73.7 cm³/mol. The molecule has 1 aliphatic carbocycles. The number of imide groups is 1. The van der Waals surface area contributed by atoms with Gasteiger partial charge in [0, 0.05) is 25.0 Å². The lowest BCUT2D eigenvalue weighted by Gasteiger charge is -2.21. The van der Waals surface area contributed by atoms with Gasteiger partial charge < -0.3 is 10.6 Å². The molecule has 0 aromatic carbocycles.